The summed E-state index contributed by atoms with van der Waals surface area (Å²) in [5, 5.41) is 3.20. The highest BCUT2D eigenvalue weighted by Crippen LogP contribution is 2.22. The molecule has 0 atom stereocenters. The van der Waals surface area contributed by atoms with Crippen LogP contribution in [0.5, 0.6) is 0 Å². The molecule has 2 aromatic rings. The number of nitrogens with one attached hydrogen (secondary N) is 2. The Balaban J connectivity index is 2.47. The third kappa shape index (κ3) is 2.04. The second-order valence-corrected chi connectivity index (χ2v) is 4.08. The molecule has 0 unspecified atom stereocenters. The smallest absolute Gasteiger partial charge is 0.201 e. The summed E-state index contributed by atoms with van der Waals surface area (Å²) in [6, 6.07) is 3.12. The largest absolute Gasteiger partial charge is 0.354 e. The minimum Gasteiger partial charge on any atom is -0.354 e. The average molecular weight is 228 g/mol. The number of H-pyrrole nitrogens is 1. The van der Waals surface area contributed by atoms with E-state index in [9.17, 15) is 4.39 Å². The zero-order valence-corrected chi connectivity index (χ0v) is 9.19. The Morgan fingerprint density at radius 2 is 2.20 bits per heavy atom. The van der Waals surface area contributed by atoms with Crippen LogP contribution in [0.2, 0.25) is 5.02 Å². The number of hydrogen-bond donors (Lipinski definition) is 2. The van der Waals surface area contributed by atoms with Crippen molar-refractivity contribution >= 4 is 28.6 Å². The van der Waals surface area contributed by atoms with Crippen LogP contribution in [0.25, 0.3) is 11.0 Å². The molecule has 2 rings (SSSR count). The molecule has 0 aliphatic carbocycles. The first-order valence-corrected chi connectivity index (χ1v) is 5.05. The van der Waals surface area contributed by atoms with Gasteiger partial charge in [0.1, 0.15) is 5.82 Å². The standard InChI is InChI=1S/C10H11ClFN3/c1-5(2)13-10-14-8-3-6(11)7(12)4-9(8)15-10/h3-5H,1-2H3,(H2,13,14,15). The van der Waals surface area contributed by atoms with Gasteiger partial charge >= 0.3 is 0 Å². The van der Waals surface area contributed by atoms with Crippen LogP contribution >= 0.6 is 11.6 Å². The maximum atomic E-state index is 13.1. The highest BCUT2D eigenvalue weighted by atomic mass is 35.5. The molecular weight excluding hydrogens is 217 g/mol. The number of halogens is 2. The summed E-state index contributed by atoms with van der Waals surface area (Å²) in [5.74, 6) is 0.174. The molecule has 15 heavy (non-hydrogen) atoms. The van der Waals surface area contributed by atoms with Gasteiger partial charge in [-0.2, -0.15) is 0 Å². The van der Waals surface area contributed by atoms with Crippen molar-refractivity contribution in [2.75, 3.05) is 5.32 Å². The molecule has 0 amide bonds. The number of aromatic nitrogens is 2. The quantitative estimate of drug-likeness (QED) is 0.827. The number of aromatic amines is 1. The van der Waals surface area contributed by atoms with Gasteiger partial charge < -0.3 is 10.3 Å². The number of fused-ring (bicyclic) bond motifs is 1. The second kappa shape index (κ2) is 3.70. The van der Waals surface area contributed by atoms with E-state index in [4.69, 9.17) is 11.6 Å². The van der Waals surface area contributed by atoms with Crippen LogP contribution in [0.4, 0.5) is 10.3 Å². The number of benzene rings is 1. The third-order valence-electron chi connectivity index (χ3n) is 1.95. The van der Waals surface area contributed by atoms with Crippen molar-refractivity contribution < 1.29 is 4.39 Å². The fraction of sp³-hybridized carbons (Fsp3) is 0.300. The van der Waals surface area contributed by atoms with Crippen molar-refractivity contribution in [1.82, 2.24) is 9.97 Å². The highest BCUT2D eigenvalue weighted by molar-refractivity contribution is 6.31. The topological polar surface area (TPSA) is 40.7 Å². The molecule has 1 aromatic carbocycles. The minimum absolute atomic E-state index is 0.0993. The Labute approximate surface area is 91.7 Å². The van der Waals surface area contributed by atoms with Crippen LogP contribution in [0.1, 0.15) is 13.8 Å². The SMILES string of the molecule is CC(C)Nc1nc2cc(F)c(Cl)cc2[nH]1. The molecule has 0 radical (unpaired) electrons. The monoisotopic (exact) mass is 227 g/mol. The van der Waals surface area contributed by atoms with E-state index in [1.807, 2.05) is 13.8 Å². The molecule has 1 heterocycles. The molecule has 3 nitrogen and oxygen atoms in total. The first-order chi connectivity index (χ1) is 7.06. The number of hydrogen-bond acceptors (Lipinski definition) is 2. The molecule has 5 heteroatoms. The highest BCUT2D eigenvalue weighted by Gasteiger charge is 2.07. The van der Waals surface area contributed by atoms with Crippen molar-refractivity contribution in [3.8, 4) is 0 Å². The molecule has 0 aliphatic rings. The van der Waals surface area contributed by atoms with E-state index in [2.05, 4.69) is 15.3 Å². The molecule has 0 aliphatic heterocycles. The zero-order chi connectivity index (χ0) is 11.0. The molecule has 80 valence electrons. The van der Waals surface area contributed by atoms with Crippen LogP contribution in [0, 0.1) is 5.82 Å². The van der Waals surface area contributed by atoms with E-state index in [0.29, 0.717) is 11.5 Å². The van der Waals surface area contributed by atoms with E-state index in [0.717, 1.165) is 5.52 Å². The van der Waals surface area contributed by atoms with Gasteiger partial charge in [-0.1, -0.05) is 11.6 Å². The Hall–Kier alpha value is -1.29. The van der Waals surface area contributed by atoms with Gasteiger partial charge in [0.15, 0.2) is 0 Å². The van der Waals surface area contributed by atoms with E-state index in [1.54, 1.807) is 0 Å². The molecule has 0 saturated carbocycles. The molecule has 0 saturated heterocycles. The van der Waals surface area contributed by atoms with Gasteiger partial charge in [-0.15, -0.1) is 0 Å². The Bertz CT molecular complexity index is 454. The van der Waals surface area contributed by atoms with Gasteiger partial charge in [-0.25, -0.2) is 9.37 Å². The first kappa shape index (κ1) is 10.2. The molecule has 1 aromatic heterocycles. The lowest BCUT2D eigenvalue weighted by Crippen LogP contribution is -2.10. The average Bonchev–Trinajstić information content (AvgIpc) is 2.46. The third-order valence-corrected chi connectivity index (χ3v) is 2.24. The predicted molar refractivity (Wildman–Crippen MR) is 59.8 cm³/mol. The Morgan fingerprint density at radius 3 is 2.87 bits per heavy atom. The number of imidazole rings is 1. The van der Waals surface area contributed by atoms with E-state index < -0.39 is 5.82 Å². The van der Waals surface area contributed by atoms with Gasteiger partial charge in [0.05, 0.1) is 16.1 Å². The lowest BCUT2D eigenvalue weighted by molar-refractivity contribution is 0.630. The van der Waals surface area contributed by atoms with Crippen molar-refractivity contribution in [3.05, 3.63) is 23.0 Å². The zero-order valence-electron chi connectivity index (χ0n) is 8.44. The lowest BCUT2D eigenvalue weighted by Gasteiger charge is -2.04. The van der Waals surface area contributed by atoms with Gasteiger partial charge in [0.2, 0.25) is 5.95 Å². The van der Waals surface area contributed by atoms with Crippen molar-refractivity contribution in [2.24, 2.45) is 0 Å². The number of rotatable bonds is 2. The number of anilines is 1. The molecule has 0 spiro atoms. The van der Waals surface area contributed by atoms with Gasteiger partial charge in [-0.3, -0.25) is 0 Å². The van der Waals surface area contributed by atoms with Gasteiger partial charge in [-0.05, 0) is 19.9 Å². The van der Waals surface area contributed by atoms with Crippen LogP contribution in [-0.4, -0.2) is 16.0 Å². The Morgan fingerprint density at radius 1 is 1.47 bits per heavy atom. The summed E-state index contributed by atoms with van der Waals surface area (Å²) in [6.45, 7) is 4.00. The van der Waals surface area contributed by atoms with E-state index >= 15 is 0 Å². The lowest BCUT2D eigenvalue weighted by atomic mass is 10.3. The summed E-state index contributed by atoms with van der Waals surface area (Å²) in [7, 11) is 0. The normalized spacial score (nSPS) is 11.3. The van der Waals surface area contributed by atoms with E-state index in [-0.39, 0.29) is 11.1 Å². The van der Waals surface area contributed by atoms with Crippen LogP contribution < -0.4 is 5.32 Å². The summed E-state index contributed by atoms with van der Waals surface area (Å²) >= 11 is 5.66. The fourth-order valence-electron chi connectivity index (χ4n) is 1.35. The summed E-state index contributed by atoms with van der Waals surface area (Å²) < 4.78 is 13.1. The van der Waals surface area contributed by atoms with Crippen LogP contribution in [0.3, 0.4) is 0 Å². The van der Waals surface area contributed by atoms with Crippen molar-refractivity contribution in [1.29, 1.82) is 0 Å². The van der Waals surface area contributed by atoms with E-state index in [1.165, 1.54) is 12.1 Å². The molecule has 0 fully saturated rings. The summed E-state index contributed by atoms with van der Waals surface area (Å²) in [5.41, 5.74) is 1.30. The summed E-state index contributed by atoms with van der Waals surface area (Å²) in [4.78, 5) is 7.21. The molecule has 0 bridgehead atoms. The van der Waals surface area contributed by atoms with Crippen LogP contribution in [0.15, 0.2) is 12.1 Å². The van der Waals surface area contributed by atoms with Gasteiger partial charge in [0.25, 0.3) is 0 Å². The van der Waals surface area contributed by atoms with Crippen molar-refractivity contribution in [2.45, 2.75) is 19.9 Å². The Kier molecular flexibility index (Phi) is 2.52. The molecule has 2 N–H and O–H groups in total. The van der Waals surface area contributed by atoms with Gasteiger partial charge in [0, 0.05) is 12.1 Å². The summed E-state index contributed by atoms with van der Waals surface area (Å²) in [6.07, 6.45) is 0. The fourth-order valence-corrected chi connectivity index (χ4v) is 1.51. The predicted octanol–water partition coefficient (Wildman–Crippen LogP) is 3.18. The van der Waals surface area contributed by atoms with Crippen molar-refractivity contribution in [3.63, 3.8) is 0 Å². The van der Waals surface area contributed by atoms with Crippen LogP contribution in [-0.2, 0) is 0 Å². The molecular formula is C10H11ClFN3. The minimum atomic E-state index is -0.452. The number of nitrogens with zero attached hydrogens (tertiary/aromatic N) is 1. The second-order valence-electron chi connectivity index (χ2n) is 3.67. The maximum Gasteiger partial charge on any atom is 0.201 e. The first-order valence-electron chi connectivity index (χ1n) is 4.67. The maximum absolute atomic E-state index is 13.1.